The molecule has 0 fully saturated rings. The SMILES string of the molecule is CCCCCC[C@@H](C)Oc1ccc(-c2ccc(OCCCCCCCCCCCCOc3ccc4ccccc4c3-c3c(OCCCCCCCCCCCCOc4ccc(-c5ccc(O[C@H](C)CCCCCC)cc5)cc4)ccc4ccccc34)cc2)cc1. The van der Waals surface area contributed by atoms with Crippen molar-refractivity contribution in [3.8, 4) is 67.9 Å². The van der Waals surface area contributed by atoms with Crippen LogP contribution in [-0.4, -0.2) is 38.6 Å². The molecule has 6 heteroatoms. The number of fused-ring (bicyclic) bond motifs is 2. The van der Waals surface area contributed by atoms with Crippen LogP contribution in [0.15, 0.2) is 170 Å². The lowest BCUT2D eigenvalue weighted by molar-refractivity contribution is 0.206. The fourth-order valence-corrected chi connectivity index (χ4v) is 12.5. The van der Waals surface area contributed by atoms with Crippen molar-refractivity contribution in [2.75, 3.05) is 26.4 Å². The van der Waals surface area contributed by atoms with Crippen LogP contribution in [-0.2, 0) is 0 Å². The van der Waals surface area contributed by atoms with E-state index in [1.165, 1.54) is 198 Å². The van der Waals surface area contributed by atoms with Gasteiger partial charge in [0.05, 0.1) is 38.6 Å². The van der Waals surface area contributed by atoms with Crippen molar-refractivity contribution in [1.29, 1.82) is 0 Å². The number of benzene rings is 8. The Bertz CT molecular complexity index is 2970. The molecular formula is C84H110O6. The largest absolute Gasteiger partial charge is 0.494 e. The number of hydrogen-bond acceptors (Lipinski definition) is 6. The van der Waals surface area contributed by atoms with E-state index in [9.17, 15) is 0 Å². The van der Waals surface area contributed by atoms with Gasteiger partial charge < -0.3 is 28.4 Å². The van der Waals surface area contributed by atoms with E-state index in [0.29, 0.717) is 13.2 Å². The lowest BCUT2D eigenvalue weighted by atomic mass is 9.92. The third kappa shape index (κ3) is 24.0. The molecule has 0 aliphatic rings. The topological polar surface area (TPSA) is 55.4 Å². The predicted molar refractivity (Wildman–Crippen MR) is 383 cm³/mol. The van der Waals surface area contributed by atoms with Gasteiger partial charge in [-0.05, 0) is 170 Å². The molecule has 8 aromatic rings. The molecule has 0 heterocycles. The molecule has 0 radical (unpaired) electrons. The van der Waals surface area contributed by atoms with E-state index in [1.807, 2.05) is 0 Å². The standard InChI is InChI=1S/C84H110O6/c1-5-7-9-27-37-67(3)89-77-57-47-71(48-58-77)69-43-53-75(54-44-69)85-63-33-23-19-15-11-13-17-21-25-35-65-87-81-61-51-73-39-29-31-41-79(73)83(81)84-80-42-32-30-40-74(80)52-62-82(84)88-66-36-26-22-18-14-12-16-20-24-34-64-86-76-55-45-70(46-56-76)72-49-59-78(60-50-72)90-68(4)38-28-10-8-6-2/h29-32,39-62,67-68H,5-28,33-38,63-66H2,1-4H3/t67-,68-/m1/s1. The first-order valence-corrected chi connectivity index (χ1v) is 35.7. The first-order valence-electron chi connectivity index (χ1n) is 35.7. The summed E-state index contributed by atoms with van der Waals surface area (Å²) < 4.78 is 38.1. The fraction of sp³-hybridized carbons (Fsp3) is 0.476. The van der Waals surface area contributed by atoms with Crippen LogP contribution in [0.2, 0.25) is 0 Å². The minimum absolute atomic E-state index is 0.247. The van der Waals surface area contributed by atoms with E-state index in [0.717, 1.165) is 97.4 Å². The molecule has 0 aliphatic heterocycles. The molecule has 0 amide bonds. The molecule has 0 spiro atoms. The van der Waals surface area contributed by atoms with E-state index in [4.69, 9.17) is 28.4 Å². The first-order chi connectivity index (χ1) is 44.4. The number of ether oxygens (including phenoxy) is 6. The lowest BCUT2D eigenvalue weighted by Crippen LogP contribution is -2.11. The Kier molecular flexibility index (Phi) is 31.2. The number of rotatable bonds is 47. The molecule has 8 aromatic carbocycles. The van der Waals surface area contributed by atoms with Crippen LogP contribution in [0.5, 0.6) is 34.5 Å². The van der Waals surface area contributed by atoms with Gasteiger partial charge in [-0.25, -0.2) is 0 Å². The van der Waals surface area contributed by atoms with Crippen molar-refractivity contribution in [3.05, 3.63) is 170 Å². The Balaban J connectivity index is 0.662. The van der Waals surface area contributed by atoms with Gasteiger partial charge in [-0.1, -0.05) is 264 Å². The van der Waals surface area contributed by atoms with Crippen molar-refractivity contribution < 1.29 is 28.4 Å². The van der Waals surface area contributed by atoms with Crippen LogP contribution in [0.1, 0.15) is 220 Å². The third-order valence-electron chi connectivity index (χ3n) is 17.8. The fourth-order valence-electron chi connectivity index (χ4n) is 12.5. The van der Waals surface area contributed by atoms with Crippen LogP contribution in [0.3, 0.4) is 0 Å². The zero-order chi connectivity index (χ0) is 62.5. The van der Waals surface area contributed by atoms with Crippen LogP contribution in [0.25, 0.3) is 54.9 Å². The highest BCUT2D eigenvalue weighted by molar-refractivity contribution is 6.09. The Labute approximate surface area is 543 Å². The van der Waals surface area contributed by atoms with Crippen LogP contribution >= 0.6 is 0 Å². The summed E-state index contributed by atoms with van der Waals surface area (Å²) >= 11 is 0. The maximum absolute atomic E-state index is 6.77. The van der Waals surface area contributed by atoms with Crippen LogP contribution < -0.4 is 28.4 Å². The summed E-state index contributed by atoms with van der Waals surface area (Å²) in [5.41, 5.74) is 7.07. The Morgan fingerprint density at radius 2 is 0.533 bits per heavy atom. The van der Waals surface area contributed by atoms with Gasteiger partial charge in [-0.2, -0.15) is 0 Å². The average Bonchev–Trinajstić information content (AvgIpc) is 0.990. The van der Waals surface area contributed by atoms with Crippen LogP contribution in [0, 0.1) is 0 Å². The summed E-state index contributed by atoms with van der Waals surface area (Å²) in [7, 11) is 0. The Morgan fingerprint density at radius 1 is 0.256 bits per heavy atom. The van der Waals surface area contributed by atoms with E-state index in [1.54, 1.807) is 0 Å². The van der Waals surface area contributed by atoms with E-state index in [-0.39, 0.29) is 12.2 Å². The summed E-state index contributed by atoms with van der Waals surface area (Å²) in [6.07, 6.45) is 37.5. The second kappa shape index (κ2) is 40.7. The molecule has 0 unspecified atom stereocenters. The molecule has 0 N–H and O–H groups in total. The Morgan fingerprint density at radius 3 is 0.856 bits per heavy atom. The second-order valence-electron chi connectivity index (χ2n) is 25.4. The molecule has 6 nitrogen and oxygen atoms in total. The molecule has 482 valence electrons. The monoisotopic (exact) mass is 1210 g/mol. The van der Waals surface area contributed by atoms with Gasteiger partial charge in [-0.3, -0.25) is 0 Å². The van der Waals surface area contributed by atoms with Gasteiger partial charge in [0.2, 0.25) is 0 Å². The molecular weight excluding hydrogens is 1100 g/mol. The minimum Gasteiger partial charge on any atom is -0.494 e. The van der Waals surface area contributed by atoms with Gasteiger partial charge in [0.15, 0.2) is 0 Å². The molecule has 0 aliphatic carbocycles. The predicted octanol–water partition coefficient (Wildman–Crippen LogP) is 25.2. The average molecular weight is 1220 g/mol. The van der Waals surface area contributed by atoms with Crippen molar-refractivity contribution in [1.82, 2.24) is 0 Å². The summed E-state index contributed by atoms with van der Waals surface area (Å²) in [5.74, 6) is 5.68. The normalized spacial score (nSPS) is 12.1. The van der Waals surface area contributed by atoms with Gasteiger partial charge in [0, 0.05) is 11.1 Å². The zero-order valence-electron chi connectivity index (χ0n) is 55.8. The van der Waals surface area contributed by atoms with Crippen molar-refractivity contribution >= 4 is 21.5 Å². The summed E-state index contributed by atoms with van der Waals surface area (Å²) in [5, 5.41) is 4.83. The molecule has 0 saturated carbocycles. The van der Waals surface area contributed by atoms with E-state index < -0.39 is 0 Å². The maximum atomic E-state index is 6.77. The molecule has 90 heavy (non-hydrogen) atoms. The number of unbranched alkanes of at least 4 members (excludes halogenated alkanes) is 24. The minimum atomic E-state index is 0.247. The highest BCUT2D eigenvalue weighted by Gasteiger charge is 2.20. The molecule has 8 rings (SSSR count). The quantitative estimate of drug-likeness (QED) is 0.0354. The highest BCUT2D eigenvalue weighted by Crippen LogP contribution is 2.46. The molecule has 2 atom stereocenters. The Hall–Kier alpha value is -6.92. The van der Waals surface area contributed by atoms with E-state index in [2.05, 4.69) is 198 Å². The maximum Gasteiger partial charge on any atom is 0.127 e. The summed E-state index contributed by atoms with van der Waals surface area (Å²) in [6, 6.07) is 60.3. The second-order valence-corrected chi connectivity index (χ2v) is 25.4. The molecule has 0 aromatic heterocycles. The van der Waals surface area contributed by atoms with Crippen molar-refractivity contribution in [2.24, 2.45) is 0 Å². The zero-order valence-corrected chi connectivity index (χ0v) is 55.8. The van der Waals surface area contributed by atoms with Gasteiger partial charge in [0.25, 0.3) is 0 Å². The summed E-state index contributed by atoms with van der Waals surface area (Å²) in [6.45, 7) is 11.8. The smallest absolute Gasteiger partial charge is 0.127 e. The van der Waals surface area contributed by atoms with Gasteiger partial charge >= 0.3 is 0 Å². The van der Waals surface area contributed by atoms with Gasteiger partial charge in [-0.15, -0.1) is 0 Å². The lowest BCUT2D eigenvalue weighted by Gasteiger charge is -2.20. The first kappa shape index (κ1) is 69.0. The van der Waals surface area contributed by atoms with Crippen LogP contribution in [0.4, 0.5) is 0 Å². The van der Waals surface area contributed by atoms with Crippen molar-refractivity contribution in [2.45, 2.75) is 233 Å². The molecule has 0 bridgehead atoms. The number of hydrogen-bond donors (Lipinski definition) is 0. The van der Waals surface area contributed by atoms with Gasteiger partial charge in [0.1, 0.15) is 34.5 Å². The van der Waals surface area contributed by atoms with E-state index >= 15 is 0 Å². The highest BCUT2D eigenvalue weighted by atomic mass is 16.5. The van der Waals surface area contributed by atoms with Crippen molar-refractivity contribution in [3.63, 3.8) is 0 Å². The third-order valence-corrected chi connectivity index (χ3v) is 17.8. The molecule has 0 saturated heterocycles. The summed E-state index contributed by atoms with van der Waals surface area (Å²) in [4.78, 5) is 0.